The van der Waals surface area contributed by atoms with E-state index >= 15 is 0 Å². The summed E-state index contributed by atoms with van der Waals surface area (Å²) in [7, 11) is 3.32. The molecule has 1 aliphatic heterocycles. The van der Waals surface area contributed by atoms with E-state index < -0.39 is 6.10 Å². The number of morpholine rings is 1. The molecule has 1 atom stereocenters. The highest BCUT2D eigenvalue weighted by atomic mass is 16.5. The lowest BCUT2D eigenvalue weighted by Crippen LogP contribution is -2.45. The van der Waals surface area contributed by atoms with Crippen LogP contribution in [0.4, 0.5) is 0 Å². The number of β-amino-alcohol motifs (C(OH)–C–C–N with tert-alkyl or cyclic N) is 1. The van der Waals surface area contributed by atoms with Crippen LogP contribution in [0.2, 0.25) is 0 Å². The third-order valence-corrected chi connectivity index (χ3v) is 6.45. The number of benzene rings is 2. The average molecular weight is 511 g/mol. The first-order valence-electron chi connectivity index (χ1n) is 12.7. The van der Waals surface area contributed by atoms with Crippen LogP contribution in [-0.4, -0.2) is 97.6 Å². The summed E-state index contributed by atoms with van der Waals surface area (Å²) in [5, 5.41) is 15.8. The summed E-state index contributed by atoms with van der Waals surface area (Å²) < 4.78 is 24.7. The third-order valence-electron chi connectivity index (χ3n) is 6.45. The van der Waals surface area contributed by atoms with E-state index in [-0.39, 0.29) is 0 Å². The fraction of sp³-hybridized carbons (Fsp3) is 0.464. The maximum Gasteiger partial charge on any atom is 0.227 e. The zero-order valence-corrected chi connectivity index (χ0v) is 22.0. The quantitative estimate of drug-likeness (QED) is 0.376. The van der Waals surface area contributed by atoms with E-state index in [1.807, 2.05) is 66.2 Å². The van der Waals surface area contributed by atoms with E-state index in [0.717, 1.165) is 30.0 Å². The summed E-state index contributed by atoms with van der Waals surface area (Å²) in [4.78, 5) is 4.45. The number of hydrogen-bond donors (Lipinski definition) is 1. The molecular weight excluding hydrogens is 472 g/mol. The Hall–Kier alpha value is -2.95. The number of para-hydroxylation sites is 3. The lowest BCUT2D eigenvalue weighted by atomic mass is 10.2. The Morgan fingerprint density at radius 3 is 2.43 bits per heavy atom. The Labute approximate surface area is 219 Å². The van der Waals surface area contributed by atoms with Crippen molar-refractivity contribution < 1.29 is 24.1 Å². The van der Waals surface area contributed by atoms with Crippen molar-refractivity contribution in [2.24, 2.45) is 0 Å². The van der Waals surface area contributed by atoms with Gasteiger partial charge in [0.05, 0.1) is 50.0 Å². The van der Waals surface area contributed by atoms with E-state index in [4.69, 9.17) is 24.0 Å². The van der Waals surface area contributed by atoms with Gasteiger partial charge in [0.2, 0.25) is 5.88 Å². The number of aryl methyl sites for hydroxylation is 1. The van der Waals surface area contributed by atoms with Crippen molar-refractivity contribution in [2.75, 3.05) is 66.8 Å². The molecule has 9 nitrogen and oxygen atoms in total. The van der Waals surface area contributed by atoms with Gasteiger partial charge in [0.25, 0.3) is 0 Å². The van der Waals surface area contributed by atoms with E-state index in [0.29, 0.717) is 63.4 Å². The van der Waals surface area contributed by atoms with Gasteiger partial charge in [0.15, 0.2) is 11.5 Å². The molecule has 3 aromatic rings. The van der Waals surface area contributed by atoms with Gasteiger partial charge in [-0.2, -0.15) is 5.10 Å². The molecule has 37 heavy (non-hydrogen) atoms. The monoisotopic (exact) mass is 510 g/mol. The predicted molar refractivity (Wildman–Crippen MR) is 142 cm³/mol. The molecule has 0 radical (unpaired) electrons. The van der Waals surface area contributed by atoms with Gasteiger partial charge >= 0.3 is 0 Å². The zero-order chi connectivity index (χ0) is 26.0. The molecule has 0 saturated carbocycles. The van der Waals surface area contributed by atoms with Crippen LogP contribution in [-0.2, 0) is 16.0 Å². The van der Waals surface area contributed by atoms with Crippen molar-refractivity contribution in [3.05, 3.63) is 65.9 Å². The molecule has 0 bridgehead atoms. The minimum Gasteiger partial charge on any atom is -0.493 e. The summed E-state index contributed by atoms with van der Waals surface area (Å²) in [5.74, 6) is 1.88. The fourth-order valence-electron chi connectivity index (χ4n) is 4.49. The summed E-state index contributed by atoms with van der Waals surface area (Å²) in [6, 6.07) is 17.5. The standard InChI is InChI=1S/C28H38N4O5/c1-22-25(21-31(13-16-34-2)20-24(33)19-30-14-17-36-18-15-30)28(32(29-22)23-9-5-4-6-10-23)37-27-12-8-7-11-26(27)35-3/h4-12,24,33H,13-21H2,1-3H3/t24-/m0/s1. The minimum atomic E-state index is -0.502. The van der Waals surface area contributed by atoms with Crippen molar-refractivity contribution in [1.82, 2.24) is 19.6 Å². The molecule has 2 heterocycles. The van der Waals surface area contributed by atoms with Crippen LogP contribution in [0.25, 0.3) is 5.69 Å². The van der Waals surface area contributed by atoms with Gasteiger partial charge in [-0.05, 0) is 31.2 Å². The smallest absolute Gasteiger partial charge is 0.227 e. The van der Waals surface area contributed by atoms with Gasteiger partial charge in [-0.3, -0.25) is 9.80 Å². The number of aromatic nitrogens is 2. The maximum atomic E-state index is 10.9. The number of methoxy groups -OCH3 is 2. The van der Waals surface area contributed by atoms with E-state index in [9.17, 15) is 5.11 Å². The Morgan fingerprint density at radius 2 is 1.73 bits per heavy atom. The Morgan fingerprint density at radius 1 is 1.03 bits per heavy atom. The van der Waals surface area contributed by atoms with Crippen LogP contribution in [0.15, 0.2) is 54.6 Å². The number of rotatable bonds is 13. The van der Waals surface area contributed by atoms with Crippen LogP contribution in [0.1, 0.15) is 11.3 Å². The number of ether oxygens (including phenoxy) is 4. The largest absolute Gasteiger partial charge is 0.493 e. The first kappa shape index (κ1) is 27.1. The lowest BCUT2D eigenvalue weighted by molar-refractivity contribution is 0.00431. The molecule has 1 saturated heterocycles. The zero-order valence-electron chi connectivity index (χ0n) is 22.0. The number of aliphatic hydroxyl groups excluding tert-OH is 1. The normalized spacial score (nSPS) is 15.2. The van der Waals surface area contributed by atoms with Gasteiger partial charge in [0, 0.05) is 46.4 Å². The molecule has 0 aliphatic carbocycles. The highest BCUT2D eigenvalue weighted by molar-refractivity contribution is 5.47. The second kappa shape index (κ2) is 13.6. The summed E-state index contributed by atoms with van der Waals surface area (Å²) in [5.41, 5.74) is 2.71. The summed E-state index contributed by atoms with van der Waals surface area (Å²) in [6.07, 6.45) is -0.502. The Balaban J connectivity index is 1.62. The van der Waals surface area contributed by atoms with Crippen LogP contribution >= 0.6 is 0 Å². The predicted octanol–water partition coefficient (Wildman–Crippen LogP) is 3.12. The SMILES string of the molecule is COCCN(Cc1c(C)nn(-c2ccccc2)c1Oc1ccccc1OC)C[C@@H](O)CN1CCOCC1. The van der Waals surface area contributed by atoms with E-state index in [2.05, 4.69) is 9.80 Å². The molecule has 1 N–H and O–H groups in total. The maximum absolute atomic E-state index is 10.9. The number of aliphatic hydroxyl groups is 1. The van der Waals surface area contributed by atoms with Crippen LogP contribution in [0.3, 0.4) is 0 Å². The molecule has 4 rings (SSSR count). The van der Waals surface area contributed by atoms with Gasteiger partial charge in [0.1, 0.15) is 0 Å². The molecule has 1 aliphatic rings. The topological polar surface area (TPSA) is 81.5 Å². The van der Waals surface area contributed by atoms with Crippen LogP contribution in [0.5, 0.6) is 17.4 Å². The second-order valence-corrected chi connectivity index (χ2v) is 9.16. The van der Waals surface area contributed by atoms with Crippen LogP contribution < -0.4 is 9.47 Å². The molecule has 200 valence electrons. The highest BCUT2D eigenvalue weighted by Crippen LogP contribution is 2.36. The molecular formula is C28H38N4O5. The molecule has 0 spiro atoms. The van der Waals surface area contributed by atoms with Crippen molar-refractivity contribution in [1.29, 1.82) is 0 Å². The lowest BCUT2D eigenvalue weighted by Gasteiger charge is -2.31. The van der Waals surface area contributed by atoms with Crippen molar-refractivity contribution >= 4 is 0 Å². The number of nitrogens with zero attached hydrogens (tertiary/aromatic N) is 4. The van der Waals surface area contributed by atoms with Crippen molar-refractivity contribution in [3.8, 4) is 23.1 Å². The van der Waals surface area contributed by atoms with E-state index in [1.165, 1.54) is 0 Å². The van der Waals surface area contributed by atoms with Crippen LogP contribution in [0, 0.1) is 6.92 Å². The van der Waals surface area contributed by atoms with Gasteiger partial charge < -0.3 is 24.1 Å². The molecule has 9 heteroatoms. The molecule has 2 aromatic carbocycles. The summed E-state index contributed by atoms with van der Waals surface area (Å²) in [6.45, 7) is 7.98. The van der Waals surface area contributed by atoms with Gasteiger partial charge in [-0.1, -0.05) is 30.3 Å². The highest BCUT2D eigenvalue weighted by Gasteiger charge is 2.24. The molecule has 0 amide bonds. The van der Waals surface area contributed by atoms with Crippen molar-refractivity contribution in [2.45, 2.75) is 19.6 Å². The molecule has 0 unspecified atom stereocenters. The number of hydrogen-bond acceptors (Lipinski definition) is 8. The Bertz CT molecular complexity index is 1100. The first-order valence-corrected chi connectivity index (χ1v) is 12.7. The molecule has 1 fully saturated rings. The van der Waals surface area contributed by atoms with Crippen molar-refractivity contribution in [3.63, 3.8) is 0 Å². The second-order valence-electron chi connectivity index (χ2n) is 9.16. The van der Waals surface area contributed by atoms with E-state index in [1.54, 1.807) is 14.2 Å². The van der Waals surface area contributed by atoms with Gasteiger partial charge in [-0.15, -0.1) is 0 Å². The minimum absolute atomic E-state index is 0.502. The average Bonchev–Trinajstić information content (AvgIpc) is 3.23. The third kappa shape index (κ3) is 7.30. The summed E-state index contributed by atoms with van der Waals surface area (Å²) >= 11 is 0. The Kier molecular flexibility index (Phi) is 9.92. The fourth-order valence-corrected chi connectivity index (χ4v) is 4.49. The van der Waals surface area contributed by atoms with Gasteiger partial charge in [-0.25, -0.2) is 4.68 Å². The molecule has 1 aromatic heterocycles. The first-order chi connectivity index (χ1) is 18.1.